The third kappa shape index (κ3) is 7.51. The maximum atomic E-state index is 12.3. The maximum Gasteiger partial charge on any atom is 0.387 e. The van der Waals surface area contributed by atoms with E-state index in [9.17, 15) is 8.78 Å². The van der Waals surface area contributed by atoms with Crippen molar-refractivity contribution in [2.75, 3.05) is 25.0 Å². The number of halogens is 3. The smallest absolute Gasteiger partial charge is 0.387 e. The predicted molar refractivity (Wildman–Crippen MR) is 128 cm³/mol. The largest absolute Gasteiger partial charge is 0.435 e. The summed E-state index contributed by atoms with van der Waals surface area (Å²) in [6, 6.07) is 8.92. The Morgan fingerprint density at radius 3 is 2.68 bits per heavy atom. The third-order valence-corrected chi connectivity index (χ3v) is 5.01. The molecule has 0 bridgehead atoms. The number of aliphatic imine (C=N–C) groups is 1. The number of alkyl halides is 2. The van der Waals surface area contributed by atoms with Gasteiger partial charge in [-0.05, 0) is 43.0 Å². The molecule has 0 amide bonds. The first-order chi connectivity index (χ1) is 14.4. The molecule has 1 atom stereocenters. The highest BCUT2D eigenvalue weighted by Crippen LogP contribution is 2.24. The van der Waals surface area contributed by atoms with Crippen LogP contribution in [-0.2, 0) is 6.54 Å². The minimum atomic E-state index is -2.81. The summed E-state index contributed by atoms with van der Waals surface area (Å²) in [4.78, 5) is 6.53. The van der Waals surface area contributed by atoms with Crippen LogP contribution in [0.15, 0.2) is 39.8 Å². The van der Waals surface area contributed by atoms with E-state index in [1.165, 1.54) is 0 Å². The quantitative estimate of drug-likeness (QED) is 0.304. The van der Waals surface area contributed by atoms with Crippen LogP contribution in [0.3, 0.4) is 0 Å². The van der Waals surface area contributed by atoms with E-state index in [1.54, 1.807) is 19.2 Å². The summed E-state index contributed by atoms with van der Waals surface area (Å²) in [6.45, 7) is 3.53. The third-order valence-electron chi connectivity index (χ3n) is 5.01. The molecular formula is C21H30F2IN5O2. The van der Waals surface area contributed by atoms with Crippen LogP contribution in [0.1, 0.15) is 44.1 Å². The SMILES string of the molecule is CN=C(NCc1cc(C(C)C)no1)NC1CCCN(c2ccc(OC(F)F)cc2)C1.I. The van der Waals surface area contributed by atoms with Crippen molar-refractivity contribution < 1.29 is 18.0 Å². The standard InChI is InChI=1S/C21H29F2N5O2.HI/c1-14(2)19-11-18(30-27-19)12-25-21(24-3)26-15-5-4-10-28(13-15)16-6-8-17(9-7-16)29-20(22)23;/h6-9,11,14-15,20H,4-5,10,12-13H2,1-3H3,(H2,24,25,26);1H. The van der Waals surface area contributed by atoms with E-state index >= 15 is 0 Å². The molecule has 0 radical (unpaired) electrons. The molecule has 1 aliphatic rings. The van der Waals surface area contributed by atoms with Crippen LogP contribution in [0.4, 0.5) is 14.5 Å². The van der Waals surface area contributed by atoms with Crippen LogP contribution in [0.5, 0.6) is 5.75 Å². The number of ether oxygens (including phenoxy) is 1. The fourth-order valence-corrected chi connectivity index (χ4v) is 3.41. The Hall–Kier alpha value is -2.11. The second-order valence-electron chi connectivity index (χ2n) is 7.60. The van der Waals surface area contributed by atoms with Crippen molar-refractivity contribution in [3.63, 3.8) is 0 Å². The number of hydrogen-bond acceptors (Lipinski definition) is 5. The number of nitrogens with one attached hydrogen (secondary N) is 2. The molecule has 0 spiro atoms. The lowest BCUT2D eigenvalue weighted by Crippen LogP contribution is -2.51. The number of anilines is 1. The van der Waals surface area contributed by atoms with Gasteiger partial charge in [0.2, 0.25) is 0 Å². The van der Waals surface area contributed by atoms with Gasteiger partial charge in [-0.15, -0.1) is 24.0 Å². The number of rotatable bonds is 7. The Bertz CT molecular complexity index is 829. The molecule has 3 rings (SSSR count). The lowest BCUT2D eigenvalue weighted by atomic mass is 10.0. The number of hydrogen-bond donors (Lipinski definition) is 2. The topological polar surface area (TPSA) is 74.9 Å². The van der Waals surface area contributed by atoms with Crippen LogP contribution in [-0.4, -0.2) is 43.9 Å². The second kappa shape index (κ2) is 12.1. The summed E-state index contributed by atoms with van der Waals surface area (Å²) in [5.41, 5.74) is 1.91. The van der Waals surface area contributed by atoms with Gasteiger partial charge < -0.3 is 24.8 Å². The van der Waals surface area contributed by atoms with E-state index in [4.69, 9.17) is 4.52 Å². The number of piperidine rings is 1. The maximum absolute atomic E-state index is 12.3. The first kappa shape index (κ1) is 25.2. The van der Waals surface area contributed by atoms with Crippen molar-refractivity contribution >= 4 is 35.6 Å². The molecule has 31 heavy (non-hydrogen) atoms. The molecule has 1 aliphatic heterocycles. The van der Waals surface area contributed by atoms with Gasteiger partial charge in [0.1, 0.15) is 5.75 Å². The normalized spacial score (nSPS) is 16.9. The number of guanidine groups is 1. The van der Waals surface area contributed by atoms with E-state index in [1.807, 2.05) is 18.2 Å². The van der Waals surface area contributed by atoms with Gasteiger partial charge in [-0.2, -0.15) is 8.78 Å². The molecule has 1 aromatic heterocycles. The molecule has 7 nitrogen and oxygen atoms in total. The van der Waals surface area contributed by atoms with E-state index in [0.717, 1.165) is 43.1 Å². The molecule has 2 N–H and O–H groups in total. The van der Waals surface area contributed by atoms with Crippen molar-refractivity contribution in [2.45, 2.75) is 51.8 Å². The molecule has 10 heteroatoms. The van der Waals surface area contributed by atoms with E-state index in [0.29, 0.717) is 18.4 Å². The Morgan fingerprint density at radius 2 is 2.06 bits per heavy atom. The average molecular weight is 549 g/mol. The van der Waals surface area contributed by atoms with Gasteiger partial charge in [-0.1, -0.05) is 19.0 Å². The summed E-state index contributed by atoms with van der Waals surface area (Å²) in [5.74, 6) is 1.95. The number of aromatic nitrogens is 1. The fraction of sp³-hybridized carbons (Fsp3) is 0.524. The molecule has 1 fully saturated rings. The molecule has 1 aromatic carbocycles. The molecule has 1 saturated heterocycles. The molecular weight excluding hydrogens is 519 g/mol. The van der Waals surface area contributed by atoms with E-state index < -0.39 is 6.61 Å². The van der Waals surface area contributed by atoms with Gasteiger partial charge >= 0.3 is 6.61 Å². The summed E-state index contributed by atoms with van der Waals surface area (Å²) in [5, 5.41) is 10.8. The summed E-state index contributed by atoms with van der Waals surface area (Å²) < 4.78 is 34.4. The molecule has 172 valence electrons. The minimum Gasteiger partial charge on any atom is -0.435 e. The Morgan fingerprint density at radius 1 is 1.32 bits per heavy atom. The van der Waals surface area contributed by atoms with Crippen LogP contribution < -0.4 is 20.3 Å². The van der Waals surface area contributed by atoms with Gasteiger partial charge in [0.25, 0.3) is 0 Å². The van der Waals surface area contributed by atoms with Crippen LogP contribution in [0.2, 0.25) is 0 Å². The zero-order chi connectivity index (χ0) is 21.5. The first-order valence-corrected chi connectivity index (χ1v) is 10.2. The van der Waals surface area contributed by atoms with Gasteiger partial charge in [-0.25, -0.2) is 0 Å². The molecule has 0 aliphatic carbocycles. The Balaban J connectivity index is 0.00000341. The first-order valence-electron chi connectivity index (χ1n) is 10.2. The lowest BCUT2D eigenvalue weighted by molar-refractivity contribution is -0.0498. The predicted octanol–water partition coefficient (Wildman–Crippen LogP) is 4.35. The number of benzene rings is 1. The Labute approximate surface area is 198 Å². The molecule has 2 aromatic rings. The number of nitrogens with zero attached hydrogens (tertiary/aromatic N) is 3. The highest BCUT2D eigenvalue weighted by Gasteiger charge is 2.21. The molecule has 1 unspecified atom stereocenters. The van der Waals surface area contributed by atoms with Gasteiger partial charge in [0.05, 0.1) is 12.2 Å². The monoisotopic (exact) mass is 549 g/mol. The Kier molecular flexibility index (Phi) is 9.79. The second-order valence-corrected chi connectivity index (χ2v) is 7.60. The van der Waals surface area contributed by atoms with Crippen molar-refractivity contribution in [3.05, 3.63) is 41.8 Å². The highest BCUT2D eigenvalue weighted by molar-refractivity contribution is 14.0. The van der Waals surface area contributed by atoms with Crippen LogP contribution in [0.25, 0.3) is 0 Å². The highest BCUT2D eigenvalue weighted by atomic mass is 127. The molecule has 2 heterocycles. The minimum absolute atomic E-state index is 0. The van der Waals surface area contributed by atoms with Gasteiger partial charge in [0.15, 0.2) is 11.7 Å². The van der Waals surface area contributed by atoms with Crippen LogP contribution >= 0.6 is 24.0 Å². The molecule has 0 saturated carbocycles. The van der Waals surface area contributed by atoms with E-state index in [-0.39, 0.29) is 35.8 Å². The van der Waals surface area contributed by atoms with Crippen molar-refractivity contribution in [3.8, 4) is 5.75 Å². The van der Waals surface area contributed by atoms with Gasteiger partial charge in [0, 0.05) is 37.9 Å². The van der Waals surface area contributed by atoms with Crippen molar-refractivity contribution in [1.29, 1.82) is 0 Å². The fourth-order valence-electron chi connectivity index (χ4n) is 3.41. The lowest BCUT2D eigenvalue weighted by Gasteiger charge is -2.35. The summed E-state index contributed by atoms with van der Waals surface area (Å²) in [6.07, 6.45) is 2.04. The van der Waals surface area contributed by atoms with Crippen molar-refractivity contribution in [1.82, 2.24) is 15.8 Å². The summed E-state index contributed by atoms with van der Waals surface area (Å²) in [7, 11) is 1.73. The zero-order valence-corrected chi connectivity index (χ0v) is 20.3. The van der Waals surface area contributed by atoms with Crippen molar-refractivity contribution in [2.24, 2.45) is 4.99 Å². The van der Waals surface area contributed by atoms with Gasteiger partial charge in [-0.3, -0.25) is 4.99 Å². The zero-order valence-electron chi connectivity index (χ0n) is 18.0. The average Bonchev–Trinajstić information content (AvgIpc) is 3.21. The van der Waals surface area contributed by atoms with E-state index in [2.05, 4.69) is 44.3 Å². The summed E-state index contributed by atoms with van der Waals surface area (Å²) >= 11 is 0. The van der Waals surface area contributed by atoms with Crippen LogP contribution in [0, 0.1) is 0 Å².